The Morgan fingerprint density at radius 2 is 2.11 bits per heavy atom. The average molecular weight is 268 g/mol. The molecule has 0 aliphatic carbocycles. The molecule has 1 aromatic rings. The second-order valence-electron chi connectivity index (χ2n) is 5.10. The molecule has 1 atom stereocenters. The standard InChI is InChI=1S/C14H21FN2O2/c1-9(2)6-11(18)8-16-14(19)17-13-7-10(3)4-5-12(13)15/h4-5,7,9,11,18H,6,8H2,1-3H3,(H2,16,17,19)/t11-/m1/s1. The normalized spacial score (nSPS) is 12.3. The molecule has 0 unspecified atom stereocenters. The van der Waals surface area contributed by atoms with Crippen molar-refractivity contribution in [2.45, 2.75) is 33.3 Å². The summed E-state index contributed by atoms with van der Waals surface area (Å²) in [5, 5.41) is 14.6. The van der Waals surface area contributed by atoms with E-state index in [1.54, 1.807) is 12.1 Å². The van der Waals surface area contributed by atoms with Crippen LogP contribution in [0, 0.1) is 18.7 Å². The first-order valence-electron chi connectivity index (χ1n) is 6.37. The molecule has 0 fully saturated rings. The van der Waals surface area contributed by atoms with E-state index in [-0.39, 0.29) is 12.2 Å². The monoisotopic (exact) mass is 268 g/mol. The van der Waals surface area contributed by atoms with Gasteiger partial charge < -0.3 is 15.7 Å². The van der Waals surface area contributed by atoms with Crippen molar-refractivity contribution in [1.82, 2.24) is 5.32 Å². The van der Waals surface area contributed by atoms with Gasteiger partial charge in [0.2, 0.25) is 0 Å². The number of amides is 2. The van der Waals surface area contributed by atoms with Crippen molar-refractivity contribution in [1.29, 1.82) is 0 Å². The molecule has 3 N–H and O–H groups in total. The lowest BCUT2D eigenvalue weighted by Crippen LogP contribution is -2.36. The van der Waals surface area contributed by atoms with Gasteiger partial charge in [-0.3, -0.25) is 0 Å². The summed E-state index contributed by atoms with van der Waals surface area (Å²) < 4.78 is 13.4. The lowest BCUT2D eigenvalue weighted by molar-refractivity contribution is 0.148. The summed E-state index contributed by atoms with van der Waals surface area (Å²) in [6.45, 7) is 5.95. The van der Waals surface area contributed by atoms with E-state index in [9.17, 15) is 14.3 Å². The van der Waals surface area contributed by atoms with Gasteiger partial charge in [-0.15, -0.1) is 0 Å². The van der Waals surface area contributed by atoms with Gasteiger partial charge in [-0.25, -0.2) is 9.18 Å². The number of nitrogens with one attached hydrogen (secondary N) is 2. The molecule has 2 amide bonds. The third-order valence-electron chi connectivity index (χ3n) is 2.61. The number of aliphatic hydroxyl groups excluding tert-OH is 1. The molecule has 0 aromatic heterocycles. The highest BCUT2D eigenvalue weighted by Gasteiger charge is 2.10. The Labute approximate surface area is 113 Å². The fourth-order valence-corrected chi connectivity index (χ4v) is 1.74. The van der Waals surface area contributed by atoms with E-state index in [0.717, 1.165) is 5.56 Å². The summed E-state index contributed by atoms with van der Waals surface area (Å²) in [5.74, 6) is -0.127. The van der Waals surface area contributed by atoms with Gasteiger partial charge >= 0.3 is 6.03 Å². The second-order valence-corrected chi connectivity index (χ2v) is 5.10. The van der Waals surface area contributed by atoms with Crippen molar-refractivity contribution >= 4 is 11.7 Å². The van der Waals surface area contributed by atoms with Gasteiger partial charge in [-0.2, -0.15) is 0 Å². The summed E-state index contributed by atoms with van der Waals surface area (Å²) in [7, 11) is 0. The van der Waals surface area contributed by atoms with Gasteiger partial charge in [-0.05, 0) is 37.0 Å². The third-order valence-corrected chi connectivity index (χ3v) is 2.61. The summed E-state index contributed by atoms with van der Waals surface area (Å²) in [6.07, 6.45) is 0.0205. The van der Waals surface area contributed by atoms with Gasteiger partial charge in [-0.1, -0.05) is 19.9 Å². The molecule has 106 valence electrons. The summed E-state index contributed by atoms with van der Waals surface area (Å²) in [5.41, 5.74) is 0.993. The molecule has 0 spiro atoms. The first kappa shape index (κ1) is 15.4. The van der Waals surface area contributed by atoms with E-state index in [1.165, 1.54) is 6.07 Å². The molecular weight excluding hydrogens is 247 g/mol. The van der Waals surface area contributed by atoms with Crippen LogP contribution < -0.4 is 10.6 Å². The van der Waals surface area contributed by atoms with E-state index < -0.39 is 18.0 Å². The number of hydrogen-bond acceptors (Lipinski definition) is 2. The van der Waals surface area contributed by atoms with Crippen LogP contribution in [0.25, 0.3) is 0 Å². The zero-order valence-electron chi connectivity index (χ0n) is 11.5. The Hall–Kier alpha value is -1.62. The highest BCUT2D eigenvalue weighted by Crippen LogP contribution is 2.15. The van der Waals surface area contributed by atoms with Gasteiger partial charge in [0, 0.05) is 6.54 Å². The van der Waals surface area contributed by atoms with E-state index >= 15 is 0 Å². The van der Waals surface area contributed by atoms with Crippen LogP contribution in [-0.2, 0) is 0 Å². The summed E-state index contributed by atoms with van der Waals surface area (Å²) in [6, 6.07) is 3.97. The molecule has 0 aliphatic heterocycles. The lowest BCUT2D eigenvalue weighted by Gasteiger charge is -2.14. The fraction of sp³-hybridized carbons (Fsp3) is 0.500. The zero-order chi connectivity index (χ0) is 14.4. The molecule has 0 bridgehead atoms. The smallest absolute Gasteiger partial charge is 0.319 e. The number of aliphatic hydroxyl groups is 1. The fourth-order valence-electron chi connectivity index (χ4n) is 1.74. The van der Waals surface area contributed by atoms with Crippen LogP contribution in [-0.4, -0.2) is 23.8 Å². The number of carbonyl (C=O) groups is 1. The predicted molar refractivity (Wildman–Crippen MR) is 73.6 cm³/mol. The average Bonchev–Trinajstić information content (AvgIpc) is 2.30. The second kappa shape index (κ2) is 7.09. The Morgan fingerprint density at radius 3 is 2.74 bits per heavy atom. The Bertz CT molecular complexity index is 435. The van der Waals surface area contributed by atoms with Gasteiger partial charge in [0.1, 0.15) is 5.82 Å². The number of halogens is 1. The van der Waals surface area contributed by atoms with Crippen LogP contribution in [0.15, 0.2) is 18.2 Å². The van der Waals surface area contributed by atoms with E-state index in [0.29, 0.717) is 12.3 Å². The molecule has 4 nitrogen and oxygen atoms in total. The molecule has 1 rings (SSSR count). The SMILES string of the molecule is Cc1ccc(F)c(NC(=O)NC[C@H](O)CC(C)C)c1. The van der Waals surface area contributed by atoms with Gasteiger partial charge in [0.15, 0.2) is 0 Å². The molecule has 0 heterocycles. The Morgan fingerprint density at radius 1 is 1.42 bits per heavy atom. The number of aryl methyl sites for hydroxylation is 1. The van der Waals surface area contributed by atoms with Crippen molar-refractivity contribution in [3.8, 4) is 0 Å². The minimum atomic E-state index is -0.590. The molecule has 0 radical (unpaired) electrons. The molecule has 0 saturated carbocycles. The molecular formula is C14H21FN2O2. The lowest BCUT2D eigenvalue weighted by atomic mass is 10.1. The number of urea groups is 1. The van der Waals surface area contributed by atoms with Crippen LogP contribution in [0.4, 0.5) is 14.9 Å². The predicted octanol–water partition coefficient (Wildman–Crippen LogP) is 2.66. The maximum Gasteiger partial charge on any atom is 0.319 e. The van der Waals surface area contributed by atoms with Crippen molar-refractivity contribution in [2.75, 3.05) is 11.9 Å². The van der Waals surface area contributed by atoms with Crippen molar-refractivity contribution < 1.29 is 14.3 Å². The molecule has 5 heteroatoms. The van der Waals surface area contributed by atoms with Crippen molar-refractivity contribution in [2.24, 2.45) is 5.92 Å². The first-order valence-corrected chi connectivity index (χ1v) is 6.37. The molecule has 1 aromatic carbocycles. The highest BCUT2D eigenvalue weighted by molar-refractivity contribution is 5.89. The molecule has 19 heavy (non-hydrogen) atoms. The first-order chi connectivity index (χ1) is 8.88. The van der Waals surface area contributed by atoms with Crippen molar-refractivity contribution in [3.63, 3.8) is 0 Å². The molecule has 0 saturated heterocycles. The largest absolute Gasteiger partial charge is 0.391 e. The minimum Gasteiger partial charge on any atom is -0.391 e. The van der Waals surface area contributed by atoms with E-state index in [1.807, 2.05) is 20.8 Å². The maximum atomic E-state index is 13.4. The number of rotatable bonds is 5. The van der Waals surface area contributed by atoms with E-state index in [4.69, 9.17) is 0 Å². The van der Waals surface area contributed by atoms with Crippen LogP contribution in [0.3, 0.4) is 0 Å². The number of benzene rings is 1. The van der Waals surface area contributed by atoms with E-state index in [2.05, 4.69) is 10.6 Å². The van der Waals surface area contributed by atoms with Crippen LogP contribution >= 0.6 is 0 Å². The third kappa shape index (κ3) is 5.70. The van der Waals surface area contributed by atoms with Gasteiger partial charge in [0.25, 0.3) is 0 Å². The van der Waals surface area contributed by atoms with Crippen LogP contribution in [0.2, 0.25) is 0 Å². The van der Waals surface area contributed by atoms with Crippen LogP contribution in [0.5, 0.6) is 0 Å². The quantitative estimate of drug-likeness (QED) is 0.769. The number of hydrogen-bond donors (Lipinski definition) is 3. The topological polar surface area (TPSA) is 61.4 Å². The van der Waals surface area contributed by atoms with Gasteiger partial charge in [0.05, 0.1) is 11.8 Å². The summed E-state index contributed by atoms with van der Waals surface area (Å²) in [4.78, 5) is 11.6. The zero-order valence-corrected chi connectivity index (χ0v) is 11.5. The number of carbonyl (C=O) groups excluding carboxylic acids is 1. The van der Waals surface area contributed by atoms with Crippen molar-refractivity contribution in [3.05, 3.63) is 29.6 Å². The summed E-state index contributed by atoms with van der Waals surface area (Å²) >= 11 is 0. The number of anilines is 1. The Balaban J connectivity index is 2.45. The Kier molecular flexibility index (Phi) is 5.76. The minimum absolute atomic E-state index is 0.135. The maximum absolute atomic E-state index is 13.4. The van der Waals surface area contributed by atoms with Crippen LogP contribution in [0.1, 0.15) is 25.8 Å². The molecule has 0 aliphatic rings. The highest BCUT2D eigenvalue weighted by atomic mass is 19.1.